The topological polar surface area (TPSA) is 111 Å². The molecule has 9 aromatic rings. The molecule has 360 valence electrons. The van der Waals surface area contributed by atoms with Crippen LogP contribution in [0.15, 0.2) is 158 Å². The molecule has 0 atom stereocenters. The van der Waals surface area contributed by atoms with Crippen molar-refractivity contribution in [3.05, 3.63) is 180 Å². The second-order valence-corrected chi connectivity index (χ2v) is 19.0. The molecule has 24 heteroatoms. The van der Waals surface area contributed by atoms with Gasteiger partial charge in [-0.3, -0.25) is 39.5 Å². The van der Waals surface area contributed by atoms with Gasteiger partial charge in [-0.15, -0.1) is 11.3 Å². The Balaban J connectivity index is 0.000000201. The Morgan fingerprint density at radius 2 is 0.735 bits per heavy atom. The second-order valence-electron chi connectivity index (χ2n) is 14.2. The maximum Gasteiger partial charge on any atom is 2.00 e. The number of hydrogen-bond donors (Lipinski definition) is 0. The SMILES string of the molecule is Cc1ccsc1C(CC(=O)c1ccncc1)CC(=O)c1ccncc1.F[P-](F)(F)(F)(F)F.F[P-](F)(F)(F)(F)F.[Ru+2].c1cnc2c(c1)ccc1cccnc12.c1cnc2c(c1)ccc1cccnc12. The van der Waals surface area contributed by atoms with E-state index in [9.17, 15) is 60.0 Å². The Morgan fingerprint density at radius 3 is 0.985 bits per heavy atom. The molecule has 0 spiro atoms. The minimum atomic E-state index is -10.7. The van der Waals surface area contributed by atoms with E-state index in [1.165, 1.54) is 0 Å². The number of ketones is 2. The number of Topliss-reactive ketones (excluding diaryl/α,β-unsaturated/α-hetero) is 2. The van der Waals surface area contributed by atoms with Crippen molar-refractivity contribution in [2.75, 3.05) is 0 Å². The van der Waals surface area contributed by atoms with Gasteiger partial charge in [-0.2, -0.15) is 0 Å². The molecule has 0 amide bonds. The van der Waals surface area contributed by atoms with Crippen LogP contribution >= 0.6 is 27.0 Å². The van der Waals surface area contributed by atoms with Crippen molar-refractivity contribution in [3.63, 3.8) is 0 Å². The standard InChI is InChI=1S/C20H18N2O2S.2C12H8N2.2F6P.Ru/c1-14-6-11-25-20(14)17(12-18(23)15-2-7-21-8-3-15)13-19(24)16-4-9-22-10-5-16;2*1-3-9-5-6-10-4-2-8-14-12(10)11(9)13-7-1;2*1-7(2,3,4,5)6;/h2-11,17H,12-13H2,1H3;2*1-8H;;;/q;;;2*-1;+2. The van der Waals surface area contributed by atoms with Gasteiger partial charge in [0.25, 0.3) is 0 Å². The Morgan fingerprint density at radius 1 is 0.456 bits per heavy atom. The molecule has 8 nitrogen and oxygen atoms in total. The summed E-state index contributed by atoms with van der Waals surface area (Å²) in [7, 11) is -21.3. The largest absolute Gasteiger partial charge is 2.00 e. The number of pyridine rings is 6. The van der Waals surface area contributed by atoms with Gasteiger partial charge in [0, 0.05) is 106 Å². The Labute approximate surface area is 395 Å². The summed E-state index contributed by atoms with van der Waals surface area (Å²) >= 11 is 1.60. The van der Waals surface area contributed by atoms with E-state index >= 15 is 0 Å². The van der Waals surface area contributed by atoms with E-state index < -0.39 is 15.6 Å². The van der Waals surface area contributed by atoms with E-state index in [0.29, 0.717) is 24.0 Å². The average Bonchev–Trinajstić information content (AvgIpc) is 3.70. The number of hydrogen-bond acceptors (Lipinski definition) is 9. The van der Waals surface area contributed by atoms with Gasteiger partial charge in [0.15, 0.2) is 11.6 Å². The first kappa shape index (κ1) is 54.7. The van der Waals surface area contributed by atoms with E-state index in [0.717, 1.165) is 54.1 Å². The van der Waals surface area contributed by atoms with E-state index in [2.05, 4.69) is 78.4 Å². The number of carbonyl (C=O) groups excluding carboxylic acids is 2. The molecule has 0 fully saturated rings. The summed E-state index contributed by atoms with van der Waals surface area (Å²) < 4.78 is 118. The average molecular weight is 1100 g/mol. The van der Waals surface area contributed by atoms with Crippen LogP contribution < -0.4 is 0 Å². The van der Waals surface area contributed by atoms with Gasteiger partial charge in [-0.25, -0.2) is 0 Å². The predicted molar refractivity (Wildman–Crippen MR) is 239 cm³/mol. The first-order valence-electron chi connectivity index (χ1n) is 19.2. The number of aryl methyl sites for hydroxylation is 1. The van der Waals surface area contributed by atoms with E-state index in [-0.39, 0.29) is 37.0 Å². The summed E-state index contributed by atoms with van der Waals surface area (Å²) in [5, 5.41) is 6.56. The van der Waals surface area contributed by atoms with Gasteiger partial charge < -0.3 is 0 Å². The van der Waals surface area contributed by atoms with Crippen molar-refractivity contribution in [3.8, 4) is 0 Å². The van der Waals surface area contributed by atoms with Crippen LogP contribution in [0, 0.1) is 6.92 Å². The number of carbonyl (C=O) groups is 2. The molecule has 68 heavy (non-hydrogen) atoms. The molecular weight excluding hydrogens is 1070 g/mol. The van der Waals surface area contributed by atoms with Crippen LogP contribution in [-0.4, -0.2) is 41.5 Å². The molecule has 7 heterocycles. The molecule has 2 aromatic carbocycles. The minimum absolute atomic E-state index is 0. The van der Waals surface area contributed by atoms with Crippen LogP contribution in [-0.2, 0) is 19.5 Å². The number of benzene rings is 2. The molecule has 0 bridgehead atoms. The zero-order valence-electron chi connectivity index (χ0n) is 34.7. The van der Waals surface area contributed by atoms with Gasteiger partial charge >= 0.3 is 85.5 Å². The summed E-state index contributed by atoms with van der Waals surface area (Å²) in [6.45, 7) is 2.02. The minimum Gasteiger partial charge on any atom is -0.254 e. The first-order chi connectivity index (χ1) is 30.9. The fraction of sp³-hybridized carbons (Fsp3) is 0.0909. The molecule has 0 aliphatic heterocycles. The third-order valence-corrected chi connectivity index (χ3v) is 10.0. The molecule has 0 aliphatic carbocycles. The summed E-state index contributed by atoms with van der Waals surface area (Å²) in [5.74, 6) is -0.0632. The molecule has 0 saturated carbocycles. The Hall–Kier alpha value is -5.94. The van der Waals surface area contributed by atoms with E-state index in [4.69, 9.17) is 0 Å². The maximum atomic E-state index is 12.6. The smallest absolute Gasteiger partial charge is 0.254 e. The Bertz CT molecular complexity index is 2840. The quantitative estimate of drug-likeness (QED) is 0.0510. The zero-order chi connectivity index (χ0) is 49.2. The number of rotatable bonds is 7. The van der Waals surface area contributed by atoms with Crippen molar-refractivity contribution in [1.82, 2.24) is 29.9 Å². The summed E-state index contributed by atoms with van der Waals surface area (Å²) in [4.78, 5) is 51.7. The molecule has 0 radical (unpaired) electrons. The van der Waals surface area contributed by atoms with Crippen LogP contribution in [0.2, 0.25) is 0 Å². The van der Waals surface area contributed by atoms with Crippen LogP contribution in [0.4, 0.5) is 50.4 Å². The third kappa shape index (κ3) is 20.1. The number of aromatic nitrogens is 6. The van der Waals surface area contributed by atoms with Gasteiger partial charge in [-0.1, -0.05) is 48.5 Å². The molecule has 0 unspecified atom stereocenters. The fourth-order valence-electron chi connectivity index (χ4n) is 6.18. The summed E-state index contributed by atoms with van der Waals surface area (Å²) in [6, 6.07) is 33.2. The van der Waals surface area contributed by atoms with Crippen LogP contribution in [0.3, 0.4) is 0 Å². The fourth-order valence-corrected chi connectivity index (χ4v) is 7.21. The van der Waals surface area contributed by atoms with E-state index in [1.807, 2.05) is 42.6 Å². The van der Waals surface area contributed by atoms with Crippen LogP contribution in [0.25, 0.3) is 43.6 Å². The van der Waals surface area contributed by atoms with Gasteiger partial charge in [0.1, 0.15) is 0 Å². The molecule has 9 rings (SSSR count). The first-order valence-corrected chi connectivity index (χ1v) is 24.1. The van der Waals surface area contributed by atoms with Gasteiger partial charge in [0.05, 0.1) is 22.1 Å². The normalized spacial score (nSPS) is 13.2. The number of thiophene rings is 1. The third-order valence-electron chi connectivity index (χ3n) is 8.83. The number of nitrogens with zero attached hydrogens (tertiary/aromatic N) is 6. The van der Waals surface area contributed by atoms with Crippen molar-refractivity contribution in [1.29, 1.82) is 0 Å². The van der Waals surface area contributed by atoms with Crippen molar-refractivity contribution in [2.24, 2.45) is 0 Å². The summed E-state index contributed by atoms with van der Waals surface area (Å²) in [6.07, 6.45) is 14.3. The van der Waals surface area contributed by atoms with Crippen LogP contribution in [0.1, 0.15) is 49.9 Å². The summed E-state index contributed by atoms with van der Waals surface area (Å²) in [5.41, 5.74) is 6.29. The van der Waals surface area contributed by atoms with Gasteiger partial charge in [-0.05, 0) is 72.5 Å². The van der Waals surface area contributed by atoms with Crippen molar-refractivity contribution < 1.29 is 79.4 Å². The predicted octanol–water partition coefficient (Wildman–Crippen LogP) is 16.8. The number of halogens is 12. The molecule has 7 aromatic heterocycles. The molecular formula is C44H34F12N6O2P2RuS. The second kappa shape index (κ2) is 20.3. The number of fused-ring (bicyclic) bond motifs is 6. The Kier molecular flexibility index (Phi) is 16.4. The molecule has 0 N–H and O–H groups in total. The maximum absolute atomic E-state index is 12.6. The zero-order valence-corrected chi connectivity index (χ0v) is 39.0. The van der Waals surface area contributed by atoms with Gasteiger partial charge in [0.2, 0.25) is 0 Å². The molecule has 0 saturated heterocycles. The van der Waals surface area contributed by atoms with Crippen molar-refractivity contribution >= 4 is 82.1 Å². The monoisotopic (exact) mass is 1100 g/mol. The van der Waals surface area contributed by atoms with Crippen molar-refractivity contribution in [2.45, 2.75) is 25.7 Å². The molecule has 0 aliphatic rings. The van der Waals surface area contributed by atoms with Crippen LogP contribution in [0.5, 0.6) is 0 Å². The van der Waals surface area contributed by atoms with E-state index in [1.54, 1.807) is 85.2 Å².